The molecule has 1 aromatic rings. The minimum atomic E-state index is -3.94. The van der Waals surface area contributed by atoms with Crippen molar-refractivity contribution >= 4 is 15.9 Å². The summed E-state index contributed by atoms with van der Waals surface area (Å²) in [5.74, 6) is -0.193. The fraction of sp³-hybridized carbons (Fsp3) is 0.533. The molecule has 0 heterocycles. The number of amides is 1. The van der Waals surface area contributed by atoms with Crippen molar-refractivity contribution in [1.82, 2.24) is 4.90 Å². The van der Waals surface area contributed by atoms with E-state index in [1.54, 1.807) is 17.0 Å². The van der Waals surface area contributed by atoms with Crippen molar-refractivity contribution in [3.05, 3.63) is 29.3 Å². The average Bonchev–Trinajstić information content (AvgIpc) is 2.45. The van der Waals surface area contributed by atoms with E-state index in [-0.39, 0.29) is 22.3 Å². The van der Waals surface area contributed by atoms with E-state index in [0.29, 0.717) is 13.1 Å². The third-order valence-corrected chi connectivity index (χ3v) is 4.73. The molecule has 0 radical (unpaired) electrons. The Morgan fingerprint density at radius 2 is 1.81 bits per heavy atom. The Kier molecular flexibility index (Phi) is 5.92. The van der Waals surface area contributed by atoms with Crippen LogP contribution in [0, 0.1) is 0 Å². The summed E-state index contributed by atoms with van der Waals surface area (Å²) in [7, 11) is -3.94. The van der Waals surface area contributed by atoms with E-state index in [0.717, 1.165) is 12.0 Å². The van der Waals surface area contributed by atoms with Crippen LogP contribution in [0.25, 0.3) is 0 Å². The van der Waals surface area contributed by atoms with Gasteiger partial charge in [-0.2, -0.15) is 0 Å². The van der Waals surface area contributed by atoms with E-state index in [9.17, 15) is 13.2 Å². The van der Waals surface area contributed by atoms with Gasteiger partial charge in [0.2, 0.25) is 10.0 Å². The molecule has 2 N–H and O–H groups in total. The van der Waals surface area contributed by atoms with Crippen molar-refractivity contribution < 1.29 is 13.2 Å². The monoisotopic (exact) mass is 312 g/mol. The summed E-state index contributed by atoms with van der Waals surface area (Å²) in [4.78, 5) is 14.2. The van der Waals surface area contributed by atoms with Crippen LogP contribution in [0.3, 0.4) is 0 Å². The molecule has 0 saturated heterocycles. The molecule has 0 aliphatic carbocycles. The van der Waals surface area contributed by atoms with Gasteiger partial charge in [0.1, 0.15) is 0 Å². The Balaban J connectivity index is 3.61. The van der Waals surface area contributed by atoms with Gasteiger partial charge in [0.05, 0.1) is 10.5 Å². The quantitative estimate of drug-likeness (QED) is 0.875. The highest BCUT2D eigenvalue weighted by atomic mass is 32.2. The smallest absolute Gasteiger partial charge is 0.255 e. The third-order valence-electron chi connectivity index (χ3n) is 3.77. The molecule has 21 heavy (non-hydrogen) atoms. The van der Waals surface area contributed by atoms with Gasteiger partial charge in [0.25, 0.3) is 5.91 Å². The second-order valence-corrected chi connectivity index (χ2v) is 6.58. The Morgan fingerprint density at radius 3 is 2.24 bits per heavy atom. The number of sulfonamides is 1. The highest BCUT2D eigenvalue weighted by Crippen LogP contribution is 2.28. The molecule has 1 amide bonds. The summed E-state index contributed by atoms with van der Waals surface area (Å²) in [6.07, 6.45) is 0.812. The van der Waals surface area contributed by atoms with Crippen molar-refractivity contribution in [1.29, 1.82) is 0 Å². The normalized spacial score (nSPS) is 13.0. The van der Waals surface area contributed by atoms with E-state index in [1.165, 1.54) is 6.07 Å². The molecule has 0 fully saturated rings. The summed E-state index contributed by atoms with van der Waals surface area (Å²) >= 11 is 0. The summed E-state index contributed by atoms with van der Waals surface area (Å²) in [6, 6.07) is 4.85. The van der Waals surface area contributed by atoms with Crippen molar-refractivity contribution in [2.45, 2.75) is 44.9 Å². The molecule has 1 rings (SSSR count). The first-order valence-corrected chi connectivity index (χ1v) is 8.77. The molecule has 0 aromatic heterocycles. The van der Waals surface area contributed by atoms with Gasteiger partial charge >= 0.3 is 0 Å². The van der Waals surface area contributed by atoms with E-state index >= 15 is 0 Å². The standard InChI is InChI=1S/C15H24N2O3S/c1-5-11(4)12-9-8-10-13(21(16,19)20)14(12)15(18)17(6-2)7-3/h8-11H,5-7H2,1-4H3,(H2,16,19,20). The summed E-state index contributed by atoms with van der Waals surface area (Å²) in [5.41, 5.74) is 0.957. The number of carbonyl (C=O) groups is 1. The molecule has 1 atom stereocenters. The highest BCUT2D eigenvalue weighted by Gasteiger charge is 2.26. The SMILES string of the molecule is CCC(C)c1cccc(S(N)(=O)=O)c1C(=O)N(CC)CC. The maximum Gasteiger partial charge on any atom is 0.255 e. The van der Waals surface area contributed by atoms with Crippen molar-refractivity contribution in [2.75, 3.05) is 13.1 Å². The Bertz CT molecular complexity index is 607. The number of primary sulfonamides is 1. The number of carbonyl (C=O) groups excluding carboxylic acids is 1. The Morgan fingerprint density at radius 1 is 1.24 bits per heavy atom. The minimum absolute atomic E-state index is 0.0845. The van der Waals surface area contributed by atoms with Crippen LogP contribution in [0.15, 0.2) is 23.1 Å². The molecular formula is C15H24N2O3S. The van der Waals surface area contributed by atoms with Crippen LogP contribution in [-0.2, 0) is 10.0 Å². The number of benzene rings is 1. The van der Waals surface area contributed by atoms with Gasteiger partial charge < -0.3 is 4.90 Å². The van der Waals surface area contributed by atoms with Gasteiger partial charge in [-0.15, -0.1) is 0 Å². The highest BCUT2D eigenvalue weighted by molar-refractivity contribution is 7.89. The van der Waals surface area contributed by atoms with E-state index in [2.05, 4.69) is 0 Å². The summed E-state index contributed by atoms with van der Waals surface area (Å²) < 4.78 is 23.7. The van der Waals surface area contributed by atoms with Crippen LogP contribution in [0.1, 0.15) is 56.0 Å². The lowest BCUT2D eigenvalue weighted by Crippen LogP contribution is -2.33. The predicted molar refractivity (Wildman–Crippen MR) is 83.8 cm³/mol. The van der Waals surface area contributed by atoms with Crippen LogP contribution in [0.2, 0.25) is 0 Å². The van der Waals surface area contributed by atoms with E-state index < -0.39 is 10.0 Å². The molecule has 1 unspecified atom stereocenters. The predicted octanol–water partition coefficient (Wildman–Crippen LogP) is 2.33. The summed E-state index contributed by atoms with van der Waals surface area (Å²) in [6.45, 7) is 8.75. The third kappa shape index (κ3) is 3.83. The number of hydrogen-bond acceptors (Lipinski definition) is 3. The lowest BCUT2D eigenvalue weighted by Gasteiger charge is -2.23. The van der Waals surface area contributed by atoms with Gasteiger partial charge in [-0.3, -0.25) is 4.79 Å². The van der Waals surface area contributed by atoms with Gasteiger partial charge in [-0.05, 0) is 37.8 Å². The zero-order chi connectivity index (χ0) is 16.2. The minimum Gasteiger partial charge on any atom is -0.339 e. The molecule has 6 heteroatoms. The lowest BCUT2D eigenvalue weighted by atomic mass is 9.93. The zero-order valence-corrected chi connectivity index (χ0v) is 13.9. The Hall–Kier alpha value is -1.40. The topological polar surface area (TPSA) is 80.5 Å². The largest absolute Gasteiger partial charge is 0.339 e. The second kappa shape index (κ2) is 7.04. The number of nitrogens with two attached hydrogens (primary N) is 1. The number of rotatable bonds is 6. The van der Waals surface area contributed by atoms with E-state index in [4.69, 9.17) is 5.14 Å². The van der Waals surface area contributed by atoms with Crippen molar-refractivity contribution in [3.63, 3.8) is 0 Å². The van der Waals surface area contributed by atoms with Gasteiger partial charge in [-0.25, -0.2) is 13.6 Å². The molecule has 0 aliphatic heterocycles. The molecule has 0 spiro atoms. The number of nitrogens with zero attached hydrogens (tertiary/aromatic N) is 1. The van der Waals surface area contributed by atoms with Crippen LogP contribution >= 0.6 is 0 Å². The maximum atomic E-state index is 12.7. The number of hydrogen-bond donors (Lipinski definition) is 1. The van der Waals surface area contributed by atoms with E-state index in [1.807, 2.05) is 27.7 Å². The van der Waals surface area contributed by atoms with Crippen molar-refractivity contribution in [2.24, 2.45) is 5.14 Å². The zero-order valence-electron chi connectivity index (χ0n) is 13.1. The molecule has 1 aromatic carbocycles. The molecule has 5 nitrogen and oxygen atoms in total. The van der Waals surface area contributed by atoms with Crippen LogP contribution in [0.5, 0.6) is 0 Å². The fourth-order valence-corrected chi connectivity index (χ4v) is 3.07. The maximum absolute atomic E-state index is 12.7. The molecule has 118 valence electrons. The van der Waals surface area contributed by atoms with Crippen LogP contribution in [0.4, 0.5) is 0 Å². The lowest BCUT2D eigenvalue weighted by molar-refractivity contribution is 0.0767. The fourth-order valence-electron chi connectivity index (χ4n) is 2.31. The molecule has 0 bridgehead atoms. The van der Waals surface area contributed by atoms with Gasteiger partial charge in [-0.1, -0.05) is 26.0 Å². The summed E-state index contributed by atoms with van der Waals surface area (Å²) in [5, 5.41) is 5.29. The molecule has 0 saturated carbocycles. The van der Waals surface area contributed by atoms with Gasteiger partial charge in [0, 0.05) is 13.1 Å². The van der Waals surface area contributed by atoms with Crippen LogP contribution < -0.4 is 5.14 Å². The molecular weight excluding hydrogens is 288 g/mol. The first-order chi connectivity index (χ1) is 9.77. The van der Waals surface area contributed by atoms with Gasteiger partial charge in [0.15, 0.2) is 0 Å². The second-order valence-electron chi connectivity index (χ2n) is 5.05. The van der Waals surface area contributed by atoms with Crippen molar-refractivity contribution in [3.8, 4) is 0 Å². The average molecular weight is 312 g/mol. The van der Waals surface area contributed by atoms with Crippen LogP contribution in [-0.4, -0.2) is 32.3 Å². The first kappa shape index (κ1) is 17.7. The molecule has 0 aliphatic rings. The Labute approximate surface area is 127 Å². The first-order valence-electron chi connectivity index (χ1n) is 7.22.